The van der Waals surface area contributed by atoms with E-state index in [0.29, 0.717) is 5.56 Å². The Hall–Kier alpha value is -3.07. The van der Waals surface area contributed by atoms with Gasteiger partial charge in [0.15, 0.2) is 0 Å². The maximum Gasteiger partial charge on any atom is 0.335 e. The molecule has 0 unspecified atom stereocenters. The quantitative estimate of drug-likeness (QED) is 0.587. The van der Waals surface area contributed by atoms with E-state index in [4.69, 9.17) is 0 Å². The predicted octanol–water partition coefficient (Wildman–Crippen LogP) is 4.85. The van der Waals surface area contributed by atoms with Gasteiger partial charge in [0.1, 0.15) is 0 Å². The van der Waals surface area contributed by atoms with E-state index >= 15 is 0 Å². The highest BCUT2D eigenvalue weighted by atomic mass is 16.4. The molecule has 4 rings (SSSR count). The zero-order valence-corrected chi connectivity index (χ0v) is 13.4. The molecule has 24 heavy (non-hydrogen) atoms. The molecular weight excluding hydrogens is 298 g/mol. The molecule has 1 heterocycles. The van der Waals surface area contributed by atoms with Crippen LogP contribution in [-0.2, 0) is 6.54 Å². The Kier molecular flexibility index (Phi) is 3.35. The minimum Gasteiger partial charge on any atom is -0.478 e. The summed E-state index contributed by atoms with van der Waals surface area (Å²) in [5.41, 5.74) is 3.63. The van der Waals surface area contributed by atoms with Crippen molar-refractivity contribution < 1.29 is 9.90 Å². The van der Waals surface area contributed by atoms with Crippen molar-refractivity contribution in [3.05, 3.63) is 83.6 Å². The summed E-state index contributed by atoms with van der Waals surface area (Å²) in [6.45, 7) is 2.78. The third kappa shape index (κ3) is 2.44. The van der Waals surface area contributed by atoms with Crippen LogP contribution in [0.3, 0.4) is 0 Å². The molecule has 1 N–H and O–H groups in total. The highest BCUT2D eigenvalue weighted by molar-refractivity contribution is 5.94. The number of aromatic carboxylic acids is 1. The molecule has 0 amide bonds. The molecule has 0 bridgehead atoms. The molecule has 0 aliphatic carbocycles. The summed E-state index contributed by atoms with van der Waals surface area (Å²) in [6, 6.07) is 20.1. The normalized spacial score (nSPS) is 11.2. The highest BCUT2D eigenvalue weighted by Gasteiger charge is 2.10. The third-order valence-corrected chi connectivity index (χ3v) is 4.50. The molecular formula is C21H17NO2. The number of carboxylic acids is 1. The zero-order chi connectivity index (χ0) is 16.7. The molecule has 3 nitrogen and oxygen atoms in total. The smallest absolute Gasteiger partial charge is 0.335 e. The lowest BCUT2D eigenvalue weighted by Crippen LogP contribution is -2.00. The Bertz CT molecular complexity index is 1080. The largest absolute Gasteiger partial charge is 0.478 e. The number of benzene rings is 3. The molecule has 0 saturated carbocycles. The molecule has 0 radical (unpaired) electrons. The number of carbonyl (C=O) groups is 1. The van der Waals surface area contributed by atoms with Gasteiger partial charge in [-0.25, -0.2) is 4.79 Å². The van der Waals surface area contributed by atoms with Gasteiger partial charge in [-0.15, -0.1) is 0 Å². The first-order valence-electron chi connectivity index (χ1n) is 7.92. The Morgan fingerprint density at radius 1 is 1.00 bits per heavy atom. The van der Waals surface area contributed by atoms with Crippen molar-refractivity contribution in [2.24, 2.45) is 0 Å². The molecule has 4 aromatic rings. The molecule has 0 aliphatic rings. The molecule has 1 aromatic heterocycles. The predicted molar refractivity (Wildman–Crippen MR) is 96.7 cm³/mol. The molecule has 118 valence electrons. The first-order chi connectivity index (χ1) is 11.6. The minimum absolute atomic E-state index is 0.320. The fraction of sp³-hybridized carbons (Fsp3) is 0.0952. The second-order valence-electron chi connectivity index (χ2n) is 6.16. The highest BCUT2D eigenvalue weighted by Crippen LogP contribution is 2.24. The third-order valence-electron chi connectivity index (χ3n) is 4.50. The Labute approximate surface area is 139 Å². The van der Waals surface area contributed by atoms with Gasteiger partial charge in [-0.2, -0.15) is 0 Å². The molecule has 0 atom stereocenters. The van der Waals surface area contributed by atoms with Crippen molar-refractivity contribution in [3.63, 3.8) is 0 Å². The number of carboxylic acid groups (broad SMARTS) is 1. The maximum atomic E-state index is 11.3. The van der Waals surface area contributed by atoms with Crippen molar-refractivity contribution in [2.75, 3.05) is 0 Å². The zero-order valence-electron chi connectivity index (χ0n) is 13.4. The molecule has 3 heteroatoms. The van der Waals surface area contributed by atoms with E-state index in [1.807, 2.05) is 18.2 Å². The summed E-state index contributed by atoms with van der Waals surface area (Å²) in [5.74, 6) is -0.895. The standard InChI is InChI=1S/C21H17NO2/c1-14-12-22(20-11-18(21(23)24)8-9-19(14)20)13-15-6-7-16-4-2-3-5-17(16)10-15/h2-12H,13H2,1H3,(H,23,24). The fourth-order valence-corrected chi connectivity index (χ4v) is 3.27. The van der Waals surface area contributed by atoms with Crippen molar-refractivity contribution in [1.29, 1.82) is 0 Å². The summed E-state index contributed by atoms with van der Waals surface area (Å²) < 4.78 is 2.13. The SMILES string of the molecule is Cc1cn(Cc2ccc3ccccc3c2)c2cc(C(=O)O)ccc12. The lowest BCUT2D eigenvalue weighted by atomic mass is 10.1. The van der Waals surface area contributed by atoms with E-state index in [0.717, 1.165) is 23.0 Å². The summed E-state index contributed by atoms with van der Waals surface area (Å²) in [4.78, 5) is 11.3. The Morgan fingerprint density at radius 2 is 1.79 bits per heavy atom. The number of hydrogen-bond donors (Lipinski definition) is 1. The van der Waals surface area contributed by atoms with Gasteiger partial charge in [0, 0.05) is 23.6 Å². The van der Waals surface area contributed by atoms with Crippen LogP contribution in [0.4, 0.5) is 0 Å². The second-order valence-corrected chi connectivity index (χ2v) is 6.16. The Morgan fingerprint density at radius 3 is 2.58 bits per heavy atom. The van der Waals surface area contributed by atoms with Crippen LogP contribution in [-0.4, -0.2) is 15.6 Å². The van der Waals surface area contributed by atoms with Gasteiger partial charge in [0.2, 0.25) is 0 Å². The summed E-state index contributed by atoms with van der Waals surface area (Å²) in [7, 11) is 0. The number of aromatic nitrogens is 1. The van der Waals surface area contributed by atoms with Gasteiger partial charge in [0.25, 0.3) is 0 Å². The number of fused-ring (bicyclic) bond motifs is 2. The lowest BCUT2D eigenvalue weighted by molar-refractivity contribution is 0.0697. The summed E-state index contributed by atoms with van der Waals surface area (Å²) >= 11 is 0. The molecule has 0 spiro atoms. The average Bonchev–Trinajstić information content (AvgIpc) is 2.90. The minimum atomic E-state index is -0.895. The van der Waals surface area contributed by atoms with Gasteiger partial charge in [-0.3, -0.25) is 0 Å². The van der Waals surface area contributed by atoms with E-state index in [2.05, 4.69) is 48.0 Å². The second kappa shape index (κ2) is 5.53. The maximum absolute atomic E-state index is 11.3. The first kappa shape index (κ1) is 14.5. The molecule has 0 aliphatic heterocycles. The molecule has 0 fully saturated rings. The van der Waals surface area contributed by atoms with E-state index in [-0.39, 0.29) is 0 Å². The summed E-state index contributed by atoms with van der Waals surface area (Å²) in [5, 5.41) is 12.8. The van der Waals surface area contributed by atoms with Gasteiger partial charge in [-0.1, -0.05) is 42.5 Å². The van der Waals surface area contributed by atoms with Gasteiger partial charge in [-0.05, 0) is 47.0 Å². The van der Waals surface area contributed by atoms with E-state index in [9.17, 15) is 9.90 Å². The number of nitrogens with zero attached hydrogens (tertiary/aromatic N) is 1. The van der Waals surface area contributed by atoms with Crippen LogP contribution >= 0.6 is 0 Å². The monoisotopic (exact) mass is 315 g/mol. The fourth-order valence-electron chi connectivity index (χ4n) is 3.27. The van der Waals surface area contributed by atoms with Crippen LogP contribution < -0.4 is 0 Å². The molecule has 3 aromatic carbocycles. The van der Waals surface area contributed by atoms with Gasteiger partial charge >= 0.3 is 5.97 Å². The number of aryl methyl sites for hydroxylation is 1. The average molecular weight is 315 g/mol. The van der Waals surface area contributed by atoms with Gasteiger partial charge in [0.05, 0.1) is 5.56 Å². The van der Waals surface area contributed by atoms with Crippen LogP contribution in [0, 0.1) is 6.92 Å². The van der Waals surface area contributed by atoms with Crippen LogP contribution in [0.25, 0.3) is 21.7 Å². The van der Waals surface area contributed by atoms with Crippen LogP contribution in [0.2, 0.25) is 0 Å². The first-order valence-corrected chi connectivity index (χ1v) is 7.92. The van der Waals surface area contributed by atoms with Crippen LogP contribution in [0.1, 0.15) is 21.5 Å². The van der Waals surface area contributed by atoms with Crippen LogP contribution in [0.5, 0.6) is 0 Å². The van der Waals surface area contributed by atoms with Crippen LogP contribution in [0.15, 0.2) is 66.9 Å². The van der Waals surface area contributed by atoms with Crippen molar-refractivity contribution in [3.8, 4) is 0 Å². The number of hydrogen-bond acceptors (Lipinski definition) is 1. The lowest BCUT2D eigenvalue weighted by Gasteiger charge is -2.08. The number of rotatable bonds is 3. The van der Waals surface area contributed by atoms with Crippen molar-refractivity contribution in [2.45, 2.75) is 13.5 Å². The van der Waals surface area contributed by atoms with Gasteiger partial charge < -0.3 is 9.67 Å². The van der Waals surface area contributed by atoms with E-state index in [1.165, 1.54) is 16.3 Å². The van der Waals surface area contributed by atoms with E-state index < -0.39 is 5.97 Å². The topological polar surface area (TPSA) is 42.2 Å². The van der Waals surface area contributed by atoms with Crippen molar-refractivity contribution in [1.82, 2.24) is 4.57 Å². The van der Waals surface area contributed by atoms with E-state index in [1.54, 1.807) is 12.1 Å². The molecule has 0 saturated heterocycles. The Balaban J connectivity index is 1.80. The summed E-state index contributed by atoms with van der Waals surface area (Å²) in [6.07, 6.45) is 2.09. The van der Waals surface area contributed by atoms with Crippen molar-refractivity contribution >= 4 is 27.6 Å².